The van der Waals surface area contributed by atoms with E-state index in [1.807, 2.05) is 12.1 Å². The maximum absolute atomic E-state index is 12.1. The number of hydrogen-bond acceptors (Lipinski definition) is 5. The monoisotopic (exact) mass is 385 g/mol. The van der Waals surface area contributed by atoms with Crippen LogP contribution in [-0.2, 0) is 4.74 Å². The molecule has 0 aliphatic carbocycles. The zero-order valence-corrected chi connectivity index (χ0v) is 16.9. The van der Waals surface area contributed by atoms with Gasteiger partial charge in [-0.1, -0.05) is 26.3 Å². The van der Waals surface area contributed by atoms with Crippen LogP contribution in [0.4, 0.5) is 5.69 Å². The average Bonchev–Trinajstić information content (AvgIpc) is 3.36. The molecule has 0 aliphatic heterocycles. The summed E-state index contributed by atoms with van der Waals surface area (Å²) in [6, 6.07) is 14.3. The lowest BCUT2D eigenvalue weighted by atomic mass is 10.1. The number of thiophene rings is 2. The molecule has 0 amide bonds. The van der Waals surface area contributed by atoms with E-state index in [1.54, 1.807) is 22.7 Å². The first kappa shape index (κ1) is 18.7. The van der Waals surface area contributed by atoms with Gasteiger partial charge in [0.1, 0.15) is 0 Å². The van der Waals surface area contributed by atoms with Gasteiger partial charge in [0.25, 0.3) is 0 Å². The quantitative estimate of drug-likeness (QED) is 0.479. The lowest BCUT2D eigenvalue weighted by molar-refractivity contribution is 0.0601. The number of anilines is 1. The molecule has 3 aromatic rings. The number of nitrogens with one attached hydrogen (secondary N) is 1. The predicted molar refractivity (Wildman–Crippen MR) is 112 cm³/mol. The number of ether oxygens (including phenoxy) is 1. The topological polar surface area (TPSA) is 38.3 Å². The molecule has 0 saturated heterocycles. The number of carbonyl (C=O) groups is 1. The van der Waals surface area contributed by atoms with Gasteiger partial charge in [-0.3, -0.25) is 0 Å². The van der Waals surface area contributed by atoms with Crippen LogP contribution < -0.4 is 5.32 Å². The van der Waals surface area contributed by atoms with Crippen molar-refractivity contribution in [2.75, 3.05) is 19.0 Å². The van der Waals surface area contributed by atoms with Crippen LogP contribution in [0.15, 0.2) is 47.8 Å². The highest BCUT2D eigenvalue weighted by Crippen LogP contribution is 2.37. The Morgan fingerprint density at radius 1 is 1.15 bits per heavy atom. The Morgan fingerprint density at radius 2 is 1.96 bits per heavy atom. The Hall–Kier alpha value is -2.11. The van der Waals surface area contributed by atoms with Gasteiger partial charge >= 0.3 is 5.97 Å². The van der Waals surface area contributed by atoms with Gasteiger partial charge in [0.2, 0.25) is 0 Å². The van der Waals surface area contributed by atoms with Crippen LogP contribution in [0.5, 0.6) is 0 Å². The standard InChI is InChI=1S/C21H23NO2S2/c1-4-14(2)13-22-17-11-15(10-16(12-17)21(23)24-3)18-7-8-20(26-18)19-6-5-9-25-19/h5-12,14,22H,4,13H2,1-3H3/t14-/m0/s1. The highest BCUT2D eigenvalue weighted by Gasteiger charge is 2.13. The molecule has 1 atom stereocenters. The summed E-state index contributed by atoms with van der Waals surface area (Å²) in [6.45, 7) is 5.27. The Balaban J connectivity index is 1.93. The molecular weight excluding hydrogens is 362 g/mol. The fourth-order valence-corrected chi connectivity index (χ4v) is 4.42. The molecule has 2 aromatic heterocycles. The number of esters is 1. The van der Waals surface area contributed by atoms with Crippen molar-refractivity contribution in [2.24, 2.45) is 5.92 Å². The Kier molecular flexibility index (Phi) is 6.12. The van der Waals surface area contributed by atoms with Gasteiger partial charge in [0, 0.05) is 26.9 Å². The summed E-state index contributed by atoms with van der Waals surface area (Å²) in [6.07, 6.45) is 1.12. The zero-order chi connectivity index (χ0) is 18.5. The lowest BCUT2D eigenvalue weighted by Crippen LogP contribution is -2.11. The SMILES string of the molecule is CC[C@H](C)CNc1cc(C(=O)OC)cc(-c2ccc(-c3cccs3)s2)c1. The van der Waals surface area contributed by atoms with Crippen LogP contribution in [0, 0.1) is 5.92 Å². The van der Waals surface area contributed by atoms with Crippen molar-refractivity contribution in [3.63, 3.8) is 0 Å². The van der Waals surface area contributed by atoms with E-state index in [2.05, 4.69) is 54.9 Å². The third kappa shape index (κ3) is 4.34. The summed E-state index contributed by atoms with van der Waals surface area (Å²) in [7, 11) is 1.42. The van der Waals surface area contributed by atoms with Crippen molar-refractivity contribution in [1.29, 1.82) is 0 Å². The highest BCUT2D eigenvalue weighted by atomic mass is 32.1. The molecule has 0 aliphatic rings. The van der Waals surface area contributed by atoms with Gasteiger partial charge < -0.3 is 10.1 Å². The third-order valence-electron chi connectivity index (χ3n) is 4.36. The van der Waals surface area contributed by atoms with E-state index in [0.29, 0.717) is 11.5 Å². The normalized spacial score (nSPS) is 12.0. The van der Waals surface area contributed by atoms with Gasteiger partial charge in [-0.25, -0.2) is 4.79 Å². The van der Waals surface area contributed by atoms with E-state index in [9.17, 15) is 4.79 Å². The Bertz CT molecular complexity index is 868. The fourth-order valence-electron chi connectivity index (χ4n) is 2.59. The second-order valence-corrected chi connectivity index (χ2v) is 8.36. The molecule has 136 valence electrons. The lowest BCUT2D eigenvalue weighted by Gasteiger charge is -2.13. The van der Waals surface area contributed by atoms with Gasteiger partial charge in [-0.05, 0) is 53.3 Å². The Morgan fingerprint density at radius 3 is 2.65 bits per heavy atom. The van der Waals surface area contributed by atoms with E-state index in [4.69, 9.17) is 4.74 Å². The average molecular weight is 386 g/mol. The van der Waals surface area contributed by atoms with Crippen LogP contribution in [0.25, 0.3) is 20.2 Å². The van der Waals surface area contributed by atoms with Gasteiger partial charge in [-0.15, -0.1) is 22.7 Å². The highest BCUT2D eigenvalue weighted by molar-refractivity contribution is 7.23. The Labute approximate surface area is 162 Å². The molecule has 2 heterocycles. The molecule has 3 rings (SSSR count). The van der Waals surface area contributed by atoms with Gasteiger partial charge in [-0.2, -0.15) is 0 Å². The summed E-state index contributed by atoms with van der Waals surface area (Å²) >= 11 is 3.48. The van der Waals surface area contributed by atoms with Crippen LogP contribution in [0.1, 0.15) is 30.6 Å². The summed E-state index contributed by atoms with van der Waals surface area (Å²) in [4.78, 5) is 15.7. The van der Waals surface area contributed by atoms with Crippen LogP contribution >= 0.6 is 22.7 Å². The summed E-state index contributed by atoms with van der Waals surface area (Å²) in [5.74, 6) is 0.265. The van der Waals surface area contributed by atoms with Crippen molar-refractivity contribution >= 4 is 34.3 Å². The summed E-state index contributed by atoms with van der Waals surface area (Å²) in [5.41, 5.74) is 2.56. The molecule has 0 unspecified atom stereocenters. The minimum absolute atomic E-state index is 0.312. The molecule has 0 bridgehead atoms. The van der Waals surface area contributed by atoms with Crippen molar-refractivity contribution in [3.8, 4) is 20.2 Å². The fraction of sp³-hybridized carbons (Fsp3) is 0.286. The van der Waals surface area contributed by atoms with Crippen LogP contribution in [-0.4, -0.2) is 19.6 Å². The van der Waals surface area contributed by atoms with Crippen molar-refractivity contribution in [1.82, 2.24) is 0 Å². The third-order valence-corrected chi connectivity index (χ3v) is 6.56. The number of methoxy groups -OCH3 is 1. The zero-order valence-electron chi connectivity index (χ0n) is 15.2. The maximum atomic E-state index is 12.1. The van der Waals surface area contributed by atoms with E-state index >= 15 is 0 Å². The summed E-state index contributed by atoms with van der Waals surface area (Å²) < 4.78 is 4.93. The molecule has 0 radical (unpaired) electrons. The maximum Gasteiger partial charge on any atom is 0.337 e. The number of hydrogen-bond donors (Lipinski definition) is 1. The second-order valence-electron chi connectivity index (χ2n) is 6.33. The van der Waals surface area contributed by atoms with E-state index in [0.717, 1.165) is 29.1 Å². The van der Waals surface area contributed by atoms with Crippen molar-refractivity contribution in [3.05, 3.63) is 53.4 Å². The molecule has 3 nitrogen and oxygen atoms in total. The molecule has 0 fully saturated rings. The van der Waals surface area contributed by atoms with Gasteiger partial charge in [0.15, 0.2) is 0 Å². The minimum atomic E-state index is -0.312. The van der Waals surface area contributed by atoms with Crippen LogP contribution in [0.3, 0.4) is 0 Å². The van der Waals surface area contributed by atoms with E-state index in [-0.39, 0.29) is 5.97 Å². The summed E-state index contributed by atoms with van der Waals surface area (Å²) in [5, 5.41) is 5.54. The van der Waals surface area contributed by atoms with E-state index < -0.39 is 0 Å². The van der Waals surface area contributed by atoms with Gasteiger partial charge in [0.05, 0.1) is 12.7 Å². The number of carbonyl (C=O) groups excluding carboxylic acids is 1. The molecule has 0 spiro atoms. The second kappa shape index (κ2) is 8.52. The molecule has 0 saturated carbocycles. The molecule has 5 heteroatoms. The minimum Gasteiger partial charge on any atom is -0.465 e. The molecule has 1 N–H and O–H groups in total. The smallest absolute Gasteiger partial charge is 0.337 e. The van der Waals surface area contributed by atoms with Crippen molar-refractivity contribution < 1.29 is 9.53 Å². The number of rotatable bonds is 7. The van der Waals surface area contributed by atoms with E-state index in [1.165, 1.54) is 16.9 Å². The first-order valence-corrected chi connectivity index (χ1v) is 10.4. The predicted octanol–water partition coefficient (Wildman–Crippen LogP) is 6.39. The van der Waals surface area contributed by atoms with Crippen molar-refractivity contribution in [2.45, 2.75) is 20.3 Å². The molecule has 1 aromatic carbocycles. The largest absolute Gasteiger partial charge is 0.465 e. The molecular formula is C21H23NO2S2. The number of benzene rings is 1. The first-order valence-electron chi connectivity index (χ1n) is 8.72. The molecule has 26 heavy (non-hydrogen) atoms. The van der Waals surface area contributed by atoms with Crippen LogP contribution in [0.2, 0.25) is 0 Å². The first-order chi connectivity index (χ1) is 12.6.